The largest absolute Gasteiger partial charge is 0.351 e. The molecular weight excluding hydrogens is 372 g/mol. The van der Waals surface area contributed by atoms with Crippen LogP contribution in [0, 0.1) is 6.92 Å². The van der Waals surface area contributed by atoms with Gasteiger partial charge in [0.1, 0.15) is 5.82 Å². The maximum absolute atomic E-state index is 12.0. The van der Waals surface area contributed by atoms with Crippen LogP contribution in [0.3, 0.4) is 0 Å². The number of hydrogen-bond donors (Lipinski definition) is 1. The fraction of sp³-hybridized carbons (Fsp3) is 0.471. The smallest absolute Gasteiger partial charge is 0.230 e. The zero-order chi connectivity index (χ0) is 18.7. The molecule has 7 nitrogen and oxygen atoms in total. The Hall–Kier alpha value is -1.87. The molecule has 0 unspecified atom stereocenters. The van der Waals surface area contributed by atoms with E-state index in [4.69, 9.17) is 0 Å². The molecule has 0 aliphatic carbocycles. The Labute approximate surface area is 157 Å². The van der Waals surface area contributed by atoms with Gasteiger partial charge in [-0.1, -0.05) is 41.6 Å². The number of rotatable bonds is 6. The molecule has 1 aliphatic heterocycles. The molecule has 1 saturated heterocycles. The van der Waals surface area contributed by atoms with Crippen LogP contribution in [-0.4, -0.2) is 46.3 Å². The van der Waals surface area contributed by atoms with Crippen molar-refractivity contribution in [2.24, 2.45) is 7.05 Å². The van der Waals surface area contributed by atoms with E-state index >= 15 is 0 Å². The number of benzene rings is 1. The number of nitrogens with zero attached hydrogens (tertiary/aromatic N) is 3. The van der Waals surface area contributed by atoms with Crippen LogP contribution in [0.4, 0.5) is 0 Å². The normalized spacial score (nSPS) is 18.8. The van der Waals surface area contributed by atoms with E-state index in [1.165, 1.54) is 17.3 Å². The van der Waals surface area contributed by atoms with E-state index in [0.29, 0.717) is 23.9 Å². The van der Waals surface area contributed by atoms with Gasteiger partial charge in [0.05, 0.1) is 17.3 Å². The molecule has 2 aromatic rings. The summed E-state index contributed by atoms with van der Waals surface area (Å²) >= 11 is 1.30. The summed E-state index contributed by atoms with van der Waals surface area (Å²) in [6, 6.07) is 8.02. The first kappa shape index (κ1) is 18.9. The van der Waals surface area contributed by atoms with Gasteiger partial charge >= 0.3 is 0 Å². The zero-order valence-electron chi connectivity index (χ0n) is 14.8. The summed E-state index contributed by atoms with van der Waals surface area (Å²) in [5.41, 5.74) is 2.24. The van der Waals surface area contributed by atoms with Crippen molar-refractivity contribution in [1.82, 2.24) is 20.1 Å². The first-order chi connectivity index (χ1) is 12.3. The number of hydrogen-bond acceptors (Lipinski definition) is 6. The van der Waals surface area contributed by atoms with E-state index in [1.54, 1.807) is 4.57 Å². The third-order valence-corrected chi connectivity index (χ3v) is 7.20. The number of sulfone groups is 1. The van der Waals surface area contributed by atoms with Crippen molar-refractivity contribution < 1.29 is 13.2 Å². The second-order valence-corrected chi connectivity index (χ2v) is 9.72. The van der Waals surface area contributed by atoms with Crippen molar-refractivity contribution in [3.05, 3.63) is 41.2 Å². The van der Waals surface area contributed by atoms with Crippen LogP contribution in [0.25, 0.3) is 0 Å². The number of thioether (sulfide) groups is 1. The van der Waals surface area contributed by atoms with Crippen molar-refractivity contribution in [3.8, 4) is 0 Å². The maximum atomic E-state index is 12.0. The van der Waals surface area contributed by atoms with Crippen LogP contribution in [0.15, 0.2) is 29.4 Å². The highest BCUT2D eigenvalue weighted by Crippen LogP contribution is 2.29. The maximum Gasteiger partial charge on any atom is 0.230 e. The van der Waals surface area contributed by atoms with Crippen LogP contribution < -0.4 is 5.32 Å². The minimum atomic E-state index is -2.97. The number of aryl methyl sites for hydroxylation is 1. The number of aromatic nitrogens is 3. The average molecular weight is 395 g/mol. The van der Waals surface area contributed by atoms with Crippen molar-refractivity contribution in [3.63, 3.8) is 0 Å². The van der Waals surface area contributed by atoms with E-state index in [2.05, 4.69) is 15.5 Å². The topological polar surface area (TPSA) is 94.0 Å². The molecule has 1 fully saturated rings. The Morgan fingerprint density at radius 2 is 2.04 bits per heavy atom. The van der Waals surface area contributed by atoms with E-state index in [-0.39, 0.29) is 29.1 Å². The lowest BCUT2D eigenvalue weighted by molar-refractivity contribution is -0.118. The van der Waals surface area contributed by atoms with Crippen LogP contribution in [-0.2, 0) is 28.2 Å². The summed E-state index contributed by atoms with van der Waals surface area (Å²) in [6.07, 6.45) is 0.579. The average Bonchev–Trinajstić information content (AvgIpc) is 3.14. The van der Waals surface area contributed by atoms with Gasteiger partial charge in [0.2, 0.25) is 5.91 Å². The number of carbonyl (C=O) groups is 1. The zero-order valence-corrected chi connectivity index (χ0v) is 16.4. The number of amides is 1. The fourth-order valence-electron chi connectivity index (χ4n) is 2.89. The molecule has 1 amide bonds. The van der Waals surface area contributed by atoms with Crippen LogP contribution in [0.1, 0.15) is 29.3 Å². The van der Waals surface area contributed by atoms with Crippen molar-refractivity contribution in [2.45, 2.75) is 31.0 Å². The van der Waals surface area contributed by atoms with E-state index in [0.717, 1.165) is 5.56 Å². The van der Waals surface area contributed by atoms with E-state index in [9.17, 15) is 13.2 Å². The molecule has 9 heteroatoms. The quantitative estimate of drug-likeness (QED) is 0.745. The highest BCUT2D eigenvalue weighted by molar-refractivity contribution is 7.99. The molecule has 0 spiro atoms. The van der Waals surface area contributed by atoms with Gasteiger partial charge in [0.25, 0.3) is 0 Å². The molecule has 140 valence electrons. The molecule has 2 heterocycles. The summed E-state index contributed by atoms with van der Waals surface area (Å²) in [5.74, 6) is 1.05. The molecule has 26 heavy (non-hydrogen) atoms. The third-order valence-electron chi connectivity index (χ3n) is 4.41. The minimum Gasteiger partial charge on any atom is -0.351 e. The van der Waals surface area contributed by atoms with E-state index in [1.807, 2.05) is 38.2 Å². The molecule has 1 aromatic heterocycles. The first-order valence-corrected chi connectivity index (χ1v) is 11.2. The summed E-state index contributed by atoms with van der Waals surface area (Å²) in [6.45, 7) is 2.51. The van der Waals surface area contributed by atoms with Gasteiger partial charge in [-0.15, -0.1) is 10.2 Å². The Balaban J connectivity index is 1.52. The highest BCUT2D eigenvalue weighted by Gasteiger charge is 2.32. The van der Waals surface area contributed by atoms with Crippen LogP contribution >= 0.6 is 11.8 Å². The third kappa shape index (κ3) is 4.64. The lowest BCUT2D eigenvalue weighted by Crippen LogP contribution is -2.24. The number of carbonyl (C=O) groups excluding carboxylic acids is 1. The molecule has 1 N–H and O–H groups in total. The van der Waals surface area contributed by atoms with Gasteiger partial charge in [-0.3, -0.25) is 4.79 Å². The standard InChI is InChI=1S/C17H22N4O3S2/c1-12-3-5-13(6-4-12)9-18-15(22)10-25-17-20-19-16(21(17)2)14-7-8-26(23,24)11-14/h3-6,14H,7-11H2,1-2H3,(H,18,22)/t14-/m1/s1. The van der Waals surface area contributed by atoms with E-state index < -0.39 is 9.84 Å². The molecule has 0 radical (unpaired) electrons. The Morgan fingerprint density at radius 3 is 2.69 bits per heavy atom. The van der Waals surface area contributed by atoms with Gasteiger partial charge in [-0.25, -0.2) is 8.42 Å². The first-order valence-electron chi connectivity index (χ1n) is 8.39. The van der Waals surface area contributed by atoms with Crippen LogP contribution in [0.5, 0.6) is 0 Å². The fourth-order valence-corrected chi connectivity index (χ4v) is 5.38. The summed E-state index contributed by atoms with van der Waals surface area (Å²) < 4.78 is 25.1. The molecule has 1 aliphatic rings. The van der Waals surface area contributed by atoms with Gasteiger partial charge in [0.15, 0.2) is 15.0 Å². The lowest BCUT2D eigenvalue weighted by atomic mass is 10.1. The molecule has 1 atom stereocenters. The van der Waals surface area contributed by atoms with Crippen molar-refractivity contribution in [2.75, 3.05) is 17.3 Å². The predicted octanol–water partition coefficient (Wildman–Crippen LogP) is 1.43. The van der Waals surface area contributed by atoms with Crippen molar-refractivity contribution in [1.29, 1.82) is 0 Å². The predicted molar refractivity (Wildman–Crippen MR) is 101 cm³/mol. The lowest BCUT2D eigenvalue weighted by Gasteiger charge is -2.08. The van der Waals surface area contributed by atoms with Gasteiger partial charge in [-0.05, 0) is 18.9 Å². The van der Waals surface area contributed by atoms with Crippen LogP contribution in [0.2, 0.25) is 0 Å². The molecule has 0 bridgehead atoms. The van der Waals surface area contributed by atoms with Gasteiger partial charge in [-0.2, -0.15) is 0 Å². The van der Waals surface area contributed by atoms with Gasteiger partial charge in [0, 0.05) is 19.5 Å². The Morgan fingerprint density at radius 1 is 1.31 bits per heavy atom. The Kier molecular flexibility index (Phi) is 5.67. The monoisotopic (exact) mass is 394 g/mol. The highest BCUT2D eigenvalue weighted by atomic mass is 32.2. The second kappa shape index (κ2) is 7.79. The Bertz CT molecular complexity index is 891. The molecular formula is C17H22N4O3S2. The summed E-state index contributed by atoms with van der Waals surface area (Å²) in [5, 5.41) is 11.8. The number of nitrogens with one attached hydrogen (secondary N) is 1. The minimum absolute atomic E-state index is 0.0800. The van der Waals surface area contributed by atoms with Gasteiger partial charge < -0.3 is 9.88 Å². The molecule has 1 aromatic carbocycles. The second-order valence-electron chi connectivity index (χ2n) is 6.55. The summed E-state index contributed by atoms with van der Waals surface area (Å²) in [7, 11) is -1.15. The van der Waals surface area contributed by atoms with Crippen molar-refractivity contribution >= 4 is 27.5 Å². The SMILES string of the molecule is Cc1ccc(CNC(=O)CSc2nnc([C@@H]3CCS(=O)(=O)C3)n2C)cc1. The molecule has 3 rings (SSSR count). The summed E-state index contributed by atoms with van der Waals surface area (Å²) in [4.78, 5) is 12.0. The molecule has 0 saturated carbocycles.